The van der Waals surface area contributed by atoms with Gasteiger partial charge in [-0.25, -0.2) is 0 Å². The lowest BCUT2D eigenvalue weighted by Crippen LogP contribution is -2.41. The number of aliphatic imine (C=N–C) groups is 1. The Morgan fingerprint density at radius 1 is 0.931 bits per heavy atom. The Labute approximate surface area is 175 Å². The van der Waals surface area contributed by atoms with E-state index >= 15 is 0 Å². The maximum atomic E-state index is 5.81. The van der Waals surface area contributed by atoms with Crippen LogP contribution in [0.3, 0.4) is 0 Å². The van der Waals surface area contributed by atoms with Crippen molar-refractivity contribution >= 4 is 5.96 Å². The summed E-state index contributed by atoms with van der Waals surface area (Å²) in [6.07, 6.45) is 1.85. The van der Waals surface area contributed by atoms with Gasteiger partial charge in [0.15, 0.2) is 5.96 Å². The molecule has 0 aromatic heterocycles. The quantitative estimate of drug-likeness (QED) is 0.260. The molecule has 0 saturated heterocycles. The van der Waals surface area contributed by atoms with Crippen LogP contribution in [0.2, 0.25) is 0 Å². The summed E-state index contributed by atoms with van der Waals surface area (Å²) >= 11 is 0. The summed E-state index contributed by atoms with van der Waals surface area (Å²) in [4.78, 5) is 6.89. The van der Waals surface area contributed by atoms with Gasteiger partial charge >= 0.3 is 0 Å². The molecule has 0 spiro atoms. The van der Waals surface area contributed by atoms with Crippen molar-refractivity contribution in [3.05, 3.63) is 18.2 Å². The van der Waals surface area contributed by atoms with E-state index in [-0.39, 0.29) is 0 Å². The van der Waals surface area contributed by atoms with Gasteiger partial charge in [0.25, 0.3) is 0 Å². The number of methoxy groups -OCH3 is 3. The van der Waals surface area contributed by atoms with Crippen LogP contribution in [-0.4, -0.2) is 85.2 Å². The minimum atomic E-state index is 0.571. The average Bonchev–Trinajstić information content (AvgIpc) is 2.73. The van der Waals surface area contributed by atoms with Gasteiger partial charge in [-0.3, -0.25) is 4.99 Å². The second-order valence-corrected chi connectivity index (χ2v) is 6.59. The molecule has 8 nitrogen and oxygen atoms in total. The fourth-order valence-corrected chi connectivity index (χ4v) is 2.61. The number of nitrogens with one attached hydrogen (secondary N) is 2. The molecule has 1 rings (SSSR count). The van der Waals surface area contributed by atoms with Crippen molar-refractivity contribution in [3.8, 4) is 17.2 Å². The van der Waals surface area contributed by atoms with Gasteiger partial charge in [0.1, 0.15) is 17.2 Å². The molecule has 1 aromatic rings. The van der Waals surface area contributed by atoms with Gasteiger partial charge in [-0.1, -0.05) is 0 Å². The van der Waals surface area contributed by atoms with Gasteiger partial charge in [-0.2, -0.15) is 0 Å². The molecular weight excluding hydrogens is 372 g/mol. The Morgan fingerprint density at radius 2 is 1.62 bits per heavy atom. The van der Waals surface area contributed by atoms with Crippen LogP contribution in [0.15, 0.2) is 23.2 Å². The molecule has 2 N–H and O–H groups in total. The number of hydrogen-bond acceptors (Lipinski definition) is 6. The topological polar surface area (TPSA) is 76.6 Å². The molecule has 0 radical (unpaired) electrons. The number of benzene rings is 1. The lowest BCUT2D eigenvalue weighted by molar-refractivity contribution is 0.180. The zero-order valence-electron chi connectivity index (χ0n) is 18.6. The maximum absolute atomic E-state index is 5.81. The minimum absolute atomic E-state index is 0.571. The molecule has 0 fully saturated rings. The third-order valence-corrected chi connectivity index (χ3v) is 4.18. The van der Waals surface area contributed by atoms with Crippen LogP contribution in [0.1, 0.15) is 19.8 Å². The highest BCUT2D eigenvalue weighted by Crippen LogP contribution is 2.27. The number of likely N-dealkylation sites (N-methyl/N-ethyl adjacent to an activating group) is 1. The second kappa shape index (κ2) is 15.7. The van der Waals surface area contributed by atoms with Crippen molar-refractivity contribution < 1.29 is 18.9 Å². The first-order chi connectivity index (χ1) is 14.1. The molecule has 29 heavy (non-hydrogen) atoms. The lowest BCUT2D eigenvalue weighted by Gasteiger charge is -2.18. The second-order valence-electron chi connectivity index (χ2n) is 6.59. The molecule has 0 amide bonds. The van der Waals surface area contributed by atoms with Crippen molar-refractivity contribution in [2.24, 2.45) is 4.99 Å². The van der Waals surface area contributed by atoms with E-state index in [1.165, 1.54) is 0 Å². The smallest absolute Gasteiger partial charge is 0.191 e. The van der Waals surface area contributed by atoms with Gasteiger partial charge in [0.05, 0.1) is 20.8 Å². The van der Waals surface area contributed by atoms with Crippen LogP contribution in [0.5, 0.6) is 17.2 Å². The van der Waals surface area contributed by atoms with E-state index in [0.717, 1.165) is 57.3 Å². The molecule has 1 aromatic carbocycles. The fourth-order valence-electron chi connectivity index (χ4n) is 2.61. The largest absolute Gasteiger partial charge is 0.496 e. The summed E-state index contributed by atoms with van der Waals surface area (Å²) in [6.45, 7) is 7.76. The molecule has 0 unspecified atom stereocenters. The van der Waals surface area contributed by atoms with Gasteiger partial charge < -0.3 is 34.5 Å². The summed E-state index contributed by atoms with van der Waals surface area (Å²) in [6, 6.07) is 5.52. The van der Waals surface area contributed by atoms with Crippen molar-refractivity contribution in [2.45, 2.75) is 19.8 Å². The van der Waals surface area contributed by atoms with Gasteiger partial charge in [-0.05, 0) is 20.4 Å². The van der Waals surface area contributed by atoms with Crippen LogP contribution in [0.4, 0.5) is 0 Å². The van der Waals surface area contributed by atoms with Crippen LogP contribution in [-0.2, 0) is 4.74 Å². The fraction of sp³-hybridized carbons (Fsp3) is 0.667. The summed E-state index contributed by atoms with van der Waals surface area (Å²) in [5.41, 5.74) is 0. The summed E-state index contributed by atoms with van der Waals surface area (Å²) in [5, 5.41) is 6.65. The van der Waals surface area contributed by atoms with E-state index in [9.17, 15) is 0 Å². The van der Waals surface area contributed by atoms with Crippen LogP contribution in [0, 0.1) is 0 Å². The Hall–Kier alpha value is -2.19. The van der Waals surface area contributed by atoms with Crippen LogP contribution >= 0.6 is 0 Å². The van der Waals surface area contributed by atoms with Gasteiger partial charge in [0.2, 0.25) is 0 Å². The van der Waals surface area contributed by atoms with Crippen LogP contribution < -0.4 is 24.8 Å². The third-order valence-electron chi connectivity index (χ3n) is 4.18. The van der Waals surface area contributed by atoms with Gasteiger partial charge in [-0.15, -0.1) is 0 Å². The highest BCUT2D eigenvalue weighted by atomic mass is 16.5. The normalized spacial score (nSPS) is 11.4. The predicted molar refractivity (Wildman–Crippen MR) is 118 cm³/mol. The van der Waals surface area contributed by atoms with E-state index in [4.69, 9.17) is 18.9 Å². The van der Waals surface area contributed by atoms with E-state index in [1.54, 1.807) is 21.3 Å². The van der Waals surface area contributed by atoms with Crippen molar-refractivity contribution in [2.75, 3.05) is 74.3 Å². The zero-order chi connectivity index (χ0) is 21.3. The van der Waals surface area contributed by atoms with Crippen molar-refractivity contribution in [1.29, 1.82) is 0 Å². The highest BCUT2D eigenvalue weighted by Gasteiger charge is 2.03. The Morgan fingerprint density at radius 3 is 2.24 bits per heavy atom. The third kappa shape index (κ3) is 11.4. The monoisotopic (exact) mass is 410 g/mol. The molecule has 0 aliphatic heterocycles. The summed E-state index contributed by atoms with van der Waals surface area (Å²) in [5.74, 6) is 2.99. The van der Waals surface area contributed by atoms with E-state index in [0.29, 0.717) is 24.7 Å². The lowest BCUT2D eigenvalue weighted by atomic mass is 10.3. The first-order valence-corrected chi connectivity index (χ1v) is 10.2. The minimum Gasteiger partial charge on any atom is -0.496 e. The zero-order valence-corrected chi connectivity index (χ0v) is 18.6. The number of nitrogens with zero attached hydrogens (tertiary/aromatic N) is 2. The van der Waals surface area contributed by atoms with E-state index in [2.05, 4.69) is 34.5 Å². The molecule has 0 aliphatic rings. The maximum Gasteiger partial charge on any atom is 0.191 e. The Bertz CT molecular complexity index is 562. The molecule has 0 aliphatic carbocycles. The summed E-state index contributed by atoms with van der Waals surface area (Å²) in [7, 11) is 7.10. The van der Waals surface area contributed by atoms with E-state index in [1.807, 2.05) is 18.2 Å². The number of hydrogen-bond donors (Lipinski definition) is 2. The molecule has 0 atom stereocenters. The first-order valence-electron chi connectivity index (χ1n) is 10.2. The van der Waals surface area contributed by atoms with Crippen molar-refractivity contribution in [3.63, 3.8) is 0 Å². The number of guanidine groups is 1. The Kier molecular flexibility index (Phi) is 13.5. The Balaban J connectivity index is 2.33. The standard InChI is InChI=1S/C21H38N4O4/c1-6-22-21(24-10-12-25(2)11-8-13-26-3)23-9-7-14-29-20-16-18(27-4)15-19(17-20)28-5/h15-17H,6-14H2,1-5H3,(H2,22,23,24). The van der Waals surface area contributed by atoms with Crippen LogP contribution in [0.25, 0.3) is 0 Å². The summed E-state index contributed by atoms with van der Waals surface area (Å²) < 4.78 is 21.4. The van der Waals surface area contributed by atoms with Gasteiger partial charge in [0, 0.05) is 71.1 Å². The highest BCUT2D eigenvalue weighted by molar-refractivity contribution is 5.79. The first kappa shape index (κ1) is 24.8. The predicted octanol–water partition coefficient (Wildman–Crippen LogP) is 2.00. The van der Waals surface area contributed by atoms with Crippen molar-refractivity contribution in [1.82, 2.24) is 15.5 Å². The molecule has 8 heteroatoms. The van der Waals surface area contributed by atoms with E-state index < -0.39 is 0 Å². The number of ether oxygens (including phenoxy) is 4. The molecule has 166 valence electrons. The molecule has 0 bridgehead atoms. The molecule has 0 heterocycles. The SMILES string of the molecule is CCNC(=NCCCOc1cc(OC)cc(OC)c1)NCCN(C)CCCOC. The molecular formula is C21H38N4O4. The number of rotatable bonds is 15. The average molecular weight is 411 g/mol. The molecule has 0 saturated carbocycles.